The highest BCUT2D eigenvalue weighted by molar-refractivity contribution is 5.46. The summed E-state index contributed by atoms with van der Waals surface area (Å²) in [7, 11) is 1.58. The minimum atomic E-state index is -0.574. The van der Waals surface area contributed by atoms with Gasteiger partial charge < -0.3 is 14.8 Å². The SMILES string of the molecule is CCOc1ccc(C(c2ccc(F)cc2F)N2CCNCC2)cc1OC. The predicted octanol–water partition coefficient (Wildman–Crippen LogP) is 3.37. The first-order valence-corrected chi connectivity index (χ1v) is 8.84. The summed E-state index contributed by atoms with van der Waals surface area (Å²) in [4.78, 5) is 2.20. The van der Waals surface area contributed by atoms with Gasteiger partial charge in [-0.25, -0.2) is 8.78 Å². The molecule has 2 aromatic carbocycles. The molecule has 4 nitrogen and oxygen atoms in total. The van der Waals surface area contributed by atoms with Crippen LogP contribution in [0.15, 0.2) is 36.4 Å². The van der Waals surface area contributed by atoms with Gasteiger partial charge in [0.2, 0.25) is 0 Å². The van der Waals surface area contributed by atoms with Crippen molar-refractivity contribution in [1.29, 1.82) is 0 Å². The van der Waals surface area contributed by atoms with Crippen LogP contribution < -0.4 is 14.8 Å². The van der Waals surface area contributed by atoms with Crippen molar-refractivity contribution in [3.63, 3.8) is 0 Å². The van der Waals surface area contributed by atoms with Crippen LogP contribution >= 0.6 is 0 Å². The van der Waals surface area contributed by atoms with Crippen molar-refractivity contribution >= 4 is 0 Å². The van der Waals surface area contributed by atoms with Crippen molar-refractivity contribution in [2.24, 2.45) is 0 Å². The van der Waals surface area contributed by atoms with E-state index in [1.165, 1.54) is 12.1 Å². The van der Waals surface area contributed by atoms with E-state index in [4.69, 9.17) is 9.47 Å². The van der Waals surface area contributed by atoms with E-state index in [1.807, 2.05) is 25.1 Å². The standard InChI is InChI=1S/C20H24F2N2O2/c1-3-26-18-7-4-14(12-19(18)25-2)20(24-10-8-23-9-11-24)16-6-5-15(21)13-17(16)22/h4-7,12-13,20,23H,3,8-11H2,1-2H3. The zero-order valence-electron chi connectivity index (χ0n) is 15.1. The van der Waals surface area contributed by atoms with Crippen LogP contribution in [-0.2, 0) is 0 Å². The van der Waals surface area contributed by atoms with Gasteiger partial charge in [0.15, 0.2) is 11.5 Å². The molecule has 140 valence electrons. The van der Waals surface area contributed by atoms with Crippen LogP contribution in [0.3, 0.4) is 0 Å². The van der Waals surface area contributed by atoms with E-state index < -0.39 is 11.6 Å². The summed E-state index contributed by atoms with van der Waals surface area (Å²) in [5.74, 6) is 0.139. The van der Waals surface area contributed by atoms with Crippen LogP contribution in [-0.4, -0.2) is 44.8 Å². The Kier molecular flexibility index (Phi) is 6.06. The fourth-order valence-corrected chi connectivity index (χ4v) is 3.38. The van der Waals surface area contributed by atoms with E-state index in [0.717, 1.165) is 37.8 Å². The molecule has 0 aliphatic carbocycles. The van der Waals surface area contributed by atoms with Gasteiger partial charge in [0.1, 0.15) is 11.6 Å². The molecule has 1 N–H and O–H groups in total. The Labute approximate surface area is 152 Å². The fraction of sp³-hybridized carbons (Fsp3) is 0.400. The molecule has 1 saturated heterocycles. The molecule has 2 aromatic rings. The van der Waals surface area contributed by atoms with E-state index >= 15 is 0 Å². The van der Waals surface area contributed by atoms with Crippen molar-refractivity contribution in [2.45, 2.75) is 13.0 Å². The molecule has 1 fully saturated rings. The highest BCUT2D eigenvalue weighted by Crippen LogP contribution is 2.36. The van der Waals surface area contributed by atoms with Crippen LogP contribution in [0, 0.1) is 11.6 Å². The number of piperazine rings is 1. The second-order valence-electron chi connectivity index (χ2n) is 6.20. The lowest BCUT2D eigenvalue weighted by molar-refractivity contribution is 0.195. The molecule has 1 unspecified atom stereocenters. The fourth-order valence-electron chi connectivity index (χ4n) is 3.38. The second kappa shape index (κ2) is 8.47. The monoisotopic (exact) mass is 362 g/mol. The highest BCUT2D eigenvalue weighted by atomic mass is 19.1. The van der Waals surface area contributed by atoms with Gasteiger partial charge in [0.05, 0.1) is 19.8 Å². The summed E-state index contributed by atoms with van der Waals surface area (Å²) < 4.78 is 39.0. The Morgan fingerprint density at radius 1 is 1.08 bits per heavy atom. The van der Waals surface area contributed by atoms with Crippen LogP contribution in [0.1, 0.15) is 24.1 Å². The summed E-state index contributed by atoms with van der Waals surface area (Å²) in [5, 5.41) is 3.30. The smallest absolute Gasteiger partial charge is 0.161 e. The van der Waals surface area contributed by atoms with Gasteiger partial charge in [-0.2, -0.15) is 0 Å². The molecule has 0 spiro atoms. The number of hydrogen-bond acceptors (Lipinski definition) is 4. The number of methoxy groups -OCH3 is 1. The third-order valence-electron chi connectivity index (χ3n) is 4.58. The predicted molar refractivity (Wildman–Crippen MR) is 96.8 cm³/mol. The normalized spacial score (nSPS) is 16.3. The van der Waals surface area contributed by atoms with Gasteiger partial charge in [-0.05, 0) is 30.7 Å². The topological polar surface area (TPSA) is 33.7 Å². The van der Waals surface area contributed by atoms with Crippen molar-refractivity contribution in [3.8, 4) is 11.5 Å². The molecule has 0 aromatic heterocycles. The average Bonchev–Trinajstić information content (AvgIpc) is 2.66. The number of benzene rings is 2. The maximum absolute atomic E-state index is 14.6. The molecular formula is C20H24F2N2O2. The first-order valence-electron chi connectivity index (χ1n) is 8.84. The Balaban J connectivity index is 2.05. The number of halogens is 2. The largest absolute Gasteiger partial charge is 0.493 e. The average molecular weight is 362 g/mol. The number of hydrogen-bond donors (Lipinski definition) is 1. The zero-order valence-corrected chi connectivity index (χ0v) is 15.1. The van der Waals surface area contributed by atoms with E-state index in [9.17, 15) is 8.78 Å². The molecule has 0 radical (unpaired) electrons. The summed E-state index contributed by atoms with van der Waals surface area (Å²) in [5.41, 5.74) is 1.34. The lowest BCUT2D eigenvalue weighted by Crippen LogP contribution is -2.45. The number of nitrogens with zero attached hydrogens (tertiary/aromatic N) is 1. The van der Waals surface area contributed by atoms with Crippen molar-refractivity contribution in [3.05, 3.63) is 59.2 Å². The first kappa shape index (κ1) is 18.6. The zero-order chi connectivity index (χ0) is 18.5. The third-order valence-corrected chi connectivity index (χ3v) is 4.58. The number of ether oxygens (including phenoxy) is 2. The third kappa shape index (κ3) is 3.97. The van der Waals surface area contributed by atoms with E-state index in [0.29, 0.717) is 23.7 Å². The molecule has 1 aliphatic heterocycles. The summed E-state index contributed by atoms with van der Waals surface area (Å²) in [6.45, 7) is 5.64. The maximum atomic E-state index is 14.6. The molecule has 0 saturated carbocycles. The Morgan fingerprint density at radius 2 is 1.85 bits per heavy atom. The minimum absolute atomic E-state index is 0.317. The van der Waals surface area contributed by atoms with E-state index in [-0.39, 0.29) is 6.04 Å². The van der Waals surface area contributed by atoms with Crippen molar-refractivity contribution < 1.29 is 18.3 Å². The molecule has 1 aliphatic rings. The van der Waals surface area contributed by atoms with Gasteiger partial charge >= 0.3 is 0 Å². The quantitative estimate of drug-likeness (QED) is 0.854. The Morgan fingerprint density at radius 3 is 2.50 bits per heavy atom. The second-order valence-corrected chi connectivity index (χ2v) is 6.20. The molecular weight excluding hydrogens is 338 g/mol. The molecule has 1 atom stereocenters. The first-order chi connectivity index (χ1) is 12.6. The van der Waals surface area contributed by atoms with Crippen LogP contribution in [0.25, 0.3) is 0 Å². The summed E-state index contributed by atoms with van der Waals surface area (Å²) in [6, 6.07) is 9.09. The van der Waals surface area contributed by atoms with Gasteiger partial charge in [-0.3, -0.25) is 4.90 Å². The van der Waals surface area contributed by atoms with Crippen molar-refractivity contribution in [1.82, 2.24) is 10.2 Å². The van der Waals surface area contributed by atoms with Crippen LogP contribution in [0.4, 0.5) is 8.78 Å². The highest BCUT2D eigenvalue weighted by Gasteiger charge is 2.27. The van der Waals surface area contributed by atoms with Crippen LogP contribution in [0.5, 0.6) is 11.5 Å². The number of nitrogens with one attached hydrogen (secondary N) is 1. The Bertz CT molecular complexity index is 749. The lowest BCUT2D eigenvalue weighted by atomic mass is 9.95. The summed E-state index contributed by atoms with van der Waals surface area (Å²) in [6.07, 6.45) is 0. The van der Waals surface area contributed by atoms with Crippen molar-refractivity contribution in [2.75, 3.05) is 39.9 Å². The minimum Gasteiger partial charge on any atom is -0.493 e. The summed E-state index contributed by atoms with van der Waals surface area (Å²) >= 11 is 0. The molecule has 3 rings (SSSR count). The number of rotatable bonds is 6. The molecule has 1 heterocycles. The molecule has 26 heavy (non-hydrogen) atoms. The molecule has 0 amide bonds. The Hall–Kier alpha value is -2.18. The van der Waals surface area contributed by atoms with E-state index in [1.54, 1.807) is 7.11 Å². The molecule has 6 heteroatoms. The van der Waals surface area contributed by atoms with Crippen LogP contribution in [0.2, 0.25) is 0 Å². The molecule has 0 bridgehead atoms. The maximum Gasteiger partial charge on any atom is 0.161 e. The van der Waals surface area contributed by atoms with Gasteiger partial charge in [-0.15, -0.1) is 0 Å². The van der Waals surface area contributed by atoms with Gasteiger partial charge in [0.25, 0.3) is 0 Å². The van der Waals surface area contributed by atoms with Gasteiger partial charge in [0, 0.05) is 37.8 Å². The van der Waals surface area contributed by atoms with E-state index in [2.05, 4.69) is 10.2 Å². The lowest BCUT2D eigenvalue weighted by Gasteiger charge is -2.36. The van der Waals surface area contributed by atoms with Gasteiger partial charge in [-0.1, -0.05) is 12.1 Å².